The van der Waals surface area contributed by atoms with Crippen LogP contribution < -0.4 is 5.32 Å². The van der Waals surface area contributed by atoms with Gasteiger partial charge in [0.2, 0.25) is 0 Å². The van der Waals surface area contributed by atoms with Gasteiger partial charge < -0.3 is 5.32 Å². The highest BCUT2D eigenvalue weighted by atomic mass is 14.9. The van der Waals surface area contributed by atoms with Crippen molar-refractivity contribution < 1.29 is 0 Å². The van der Waals surface area contributed by atoms with Gasteiger partial charge in [0.1, 0.15) is 0 Å². The molecule has 0 spiro atoms. The minimum atomic E-state index is 0.506. The summed E-state index contributed by atoms with van der Waals surface area (Å²) in [6.45, 7) is 9.82. The van der Waals surface area contributed by atoms with Crippen molar-refractivity contribution in [2.75, 3.05) is 0 Å². The van der Waals surface area contributed by atoms with Crippen LogP contribution in [-0.2, 0) is 13.0 Å². The molecule has 0 aromatic heterocycles. The first-order chi connectivity index (χ1) is 10.1. The lowest BCUT2D eigenvalue weighted by molar-refractivity contribution is 0.589. The van der Waals surface area contributed by atoms with Crippen molar-refractivity contribution in [3.63, 3.8) is 0 Å². The molecule has 0 saturated heterocycles. The highest BCUT2D eigenvalue weighted by Crippen LogP contribution is 2.24. The van der Waals surface area contributed by atoms with Gasteiger partial charge in [0.25, 0.3) is 0 Å². The Morgan fingerprint density at radius 2 is 1.52 bits per heavy atom. The zero-order valence-electron chi connectivity index (χ0n) is 13.7. The number of hydrogen-bond donors (Lipinski definition) is 1. The smallest absolute Gasteiger partial charge is 0.0214 e. The molecule has 0 amide bonds. The van der Waals surface area contributed by atoms with Crippen molar-refractivity contribution in [3.8, 4) is 11.1 Å². The number of rotatable bonds is 6. The summed E-state index contributed by atoms with van der Waals surface area (Å²) in [6.07, 6.45) is 1.15. The van der Waals surface area contributed by atoms with Crippen LogP contribution in [0.5, 0.6) is 0 Å². The first-order valence-electron chi connectivity index (χ1n) is 7.97. The minimum absolute atomic E-state index is 0.506. The first-order valence-corrected chi connectivity index (χ1v) is 7.97. The lowest BCUT2D eigenvalue weighted by Gasteiger charge is -2.13. The average Bonchev–Trinajstić information content (AvgIpc) is 2.46. The van der Waals surface area contributed by atoms with E-state index in [-0.39, 0.29) is 0 Å². The minimum Gasteiger partial charge on any atom is -0.310 e. The van der Waals surface area contributed by atoms with E-state index in [4.69, 9.17) is 0 Å². The summed E-state index contributed by atoms with van der Waals surface area (Å²) in [5.74, 6) is 0.707. The molecule has 2 aromatic rings. The predicted molar refractivity (Wildman–Crippen MR) is 92.4 cm³/mol. The number of benzene rings is 2. The van der Waals surface area contributed by atoms with E-state index in [1.165, 1.54) is 22.3 Å². The molecule has 0 saturated carbocycles. The topological polar surface area (TPSA) is 12.0 Å². The molecule has 0 bridgehead atoms. The summed E-state index contributed by atoms with van der Waals surface area (Å²) in [5.41, 5.74) is 5.43. The zero-order valence-corrected chi connectivity index (χ0v) is 13.7. The lowest BCUT2D eigenvalue weighted by Crippen LogP contribution is -2.22. The molecular formula is C20H27N. The summed E-state index contributed by atoms with van der Waals surface area (Å²) in [4.78, 5) is 0. The van der Waals surface area contributed by atoms with Gasteiger partial charge in [0.05, 0.1) is 0 Å². The Morgan fingerprint density at radius 1 is 0.857 bits per heavy atom. The molecule has 0 unspecified atom stereocenters. The quantitative estimate of drug-likeness (QED) is 0.781. The van der Waals surface area contributed by atoms with E-state index < -0.39 is 0 Å². The maximum absolute atomic E-state index is 3.51. The molecule has 0 fully saturated rings. The van der Waals surface area contributed by atoms with Crippen LogP contribution in [0.3, 0.4) is 0 Å². The van der Waals surface area contributed by atoms with E-state index >= 15 is 0 Å². The van der Waals surface area contributed by atoms with E-state index in [9.17, 15) is 0 Å². The Morgan fingerprint density at radius 3 is 2.14 bits per heavy atom. The third-order valence-corrected chi connectivity index (χ3v) is 3.63. The van der Waals surface area contributed by atoms with E-state index in [1.807, 2.05) is 0 Å². The van der Waals surface area contributed by atoms with Gasteiger partial charge in [-0.1, -0.05) is 76.2 Å². The van der Waals surface area contributed by atoms with Gasteiger partial charge in [0.15, 0.2) is 0 Å². The van der Waals surface area contributed by atoms with Crippen LogP contribution in [0.1, 0.15) is 38.8 Å². The van der Waals surface area contributed by atoms with Crippen LogP contribution in [0.15, 0.2) is 48.5 Å². The number of hydrogen-bond acceptors (Lipinski definition) is 1. The Kier molecular flexibility index (Phi) is 5.58. The van der Waals surface area contributed by atoms with Crippen molar-refractivity contribution >= 4 is 0 Å². The van der Waals surface area contributed by atoms with Crippen LogP contribution in [-0.4, -0.2) is 6.04 Å². The first kappa shape index (κ1) is 15.8. The molecule has 112 valence electrons. The Bertz CT molecular complexity index is 552. The van der Waals surface area contributed by atoms with Crippen LogP contribution in [0.4, 0.5) is 0 Å². The zero-order chi connectivity index (χ0) is 15.2. The largest absolute Gasteiger partial charge is 0.310 e. The molecule has 0 aliphatic heterocycles. The fourth-order valence-corrected chi connectivity index (χ4v) is 2.56. The van der Waals surface area contributed by atoms with Gasteiger partial charge in [-0.3, -0.25) is 0 Å². The molecule has 0 aliphatic rings. The molecule has 2 rings (SSSR count). The van der Waals surface area contributed by atoms with E-state index in [0.29, 0.717) is 12.0 Å². The predicted octanol–water partition coefficient (Wildman–Crippen LogP) is 5.05. The summed E-state index contributed by atoms with van der Waals surface area (Å²) in [5, 5.41) is 3.51. The molecule has 21 heavy (non-hydrogen) atoms. The summed E-state index contributed by atoms with van der Waals surface area (Å²) >= 11 is 0. The second-order valence-corrected chi connectivity index (χ2v) is 6.49. The van der Waals surface area contributed by atoms with Gasteiger partial charge in [-0.15, -0.1) is 0 Å². The monoisotopic (exact) mass is 281 g/mol. The van der Waals surface area contributed by atoms with Crippen molar-refractivity contribution in [2.24, 2.45) is 5.92 Å². The van der Waals surface area contributed by atoms with Gasteiger partial charge in [-0.25, -0.2) is 0 Å². The van der Waals surface area contributed by atoms with Gasteiger partial charge in [0, 0.05) is 12.6 Å². The standard InChI is InChI=1S/C20H27N/c1-15(2)13-17-9-11-18(12-10-17)20-8-6-5-7-19(20)14-21-16(3)4/h5-12,15-16,21H,13-14H2,1-4H3. The average molecular weight is 281 g/mol. The van der Waals surface area contributed by atoms with E-state index in [0.717, 1.165) is 13.0 Å². The van der Waals surface area contributed by atoms with Gasteiger partial charge in [-0.2, -0.15) is 0 Å². The lowest BCUT2D eigenvalue weighted by atomic mass is 9.96. The Labute approximate surface area is 129 Å². The maximum Gasteiger partial charge on any atom is 0.0214 e. The molecule has 2 aromatic carbocycles. The van der Waals surface area contributed by atoms with E-state index in [1.54, 1.807) is 0 Å². The van der Waals surface area contributed by atoms with Crippen LogP contribution in [0, 0.1) is 5.92 Å². The van der Waals surface area contributed by atoms with Crippen molar-refractivity contribution in [2.45, 2.75) is 46.7 Å². The third-order valence-electron chi connectivity index (χ3n) is 3.63. The van der Waals surface area contributed by atoms with Crippen molar-refractivity contribution in [3.05, 3.63) is 59.7 Å². The summed E-state index contributed by atoms with van der Waals surface area (Å²) < 4.78 is 0. The number of nitrogens with one attached hydrogen (secondary N) is 1. The fraction of sp³-hybridized carbons (Fsp3) is 0.400. The molecule has 0 heterocycles. The Balaban J connectivity index is 2.21. The maximum atomic E-state index is 3.51. The molecule has 0 radical (unpaired) electrons. The van der Waals surface area contributed by atoms with Crippen molar-refractivity contribution in [1.29, 1.82) is 0 Å². The molecule has 0 aliphatic carbocycles. The highest BCUT2D eigenvalue weighted by molar-refractivity contribution is 5.67. The van der Waals surface area contributed by atoms with Gasteiger partial charge >= 0.3 is 0 Å². The Hall–Kier alpha value is -1.60. The summed E-state index contributed by atoms with van der Waals surface area (Å²) in [7, 11) is 0. The van der Waals surface area contributed by atoms with Crippen LogP contribution >= 0.6 is 0 Å². The van der Waals surface area contributed by atoms with E-state index in [2.05, 4.69) is 81.5 Å². The highest BCUT2D eigenvalue weighted by Gasteiger charge is 2.05. The normalized spacial score (nSPS) is 11.3. The molecule has 1 N–H and O–H groups in total. The van der Waals surface area contributed by atoms with Gasteiger partial charge in [-0.05, 0) is 34.6 Å². The molecular weight excluding hydrogens is 254 g/mol. The second-order valence-electron chi connectivity index (χ2n) is 6.49. The third kappa shape index (κ3) is 4.71. The summed E-state index contributed by atoms with van der Waals surface area (Å²) in [6, 6.07) is 18.2. The molecule has 1 heteroatoms. The molecule has 0 atom stereocenters. The second kappa shape index (κ2) is 7.42. The fourth-order valence-electron chi connectivity index (χ4n) is 2.56. The molecule has 1 nitrogen and oxygen atoms in total. The van der Waals surface area contributed by atoms with Crippen molar-refractivity contribution in [1.82, 2.24) is 5.32 Å². The SMILES string of the molecule is CC(C)Cc1ccc(-c2ccccc2CNC(C)C)cc1. The van der Waals surface area contributed by atoms with Crippen LogP contribution in [0.25, 0.3) is 11.1 Å². The van der Waals surface area contributed by atoms with Crippen LogP contribution in [0.2, 0.25) is 0 Å².